The summed E-state index contributed by atoms with van der Waals surface area (Å²) < 4.78 is 10.4. The first kappa shape index (κ1) is 17.8. The van der Waals surface area contributed by atoms with Crippen LogP contribution in [0.5, 0.6) is 5.75 Å². The highest BCUT2D eigenvalue weighted by molar-refractivity contribution is 5.86. The summed E-state index contributed by atoms with van der Waals surface area (Å²) in [5.41, 5.74) is 2.76. The monoisotopic (exact) mass is 336 g/mol. The largest absolute Gasteiger partial charge is 0.496 e. The molecule has 0 bridgehead atoms. The van der Waals surface area contributed by atoms with Crippen molar-refractivity contribution in [2.45, 2.75) is 6.42 Å². The maximum atomic E-state index is 11.8. The van der Waals surface area contributed by atoms with E-state index in [2.05, 4.69) is 15.4 Å². The Morgan fingerprint density at radius 3 is 2.92 bits per heavy atom. The van der Waals surface area contributed by atoms with E-state index >= 15 is 0 Å². The van der Waals surface area contributed by atoms with Gasteiger partial charge in [-0.3, -0.25) is 19.8 Å². The van der Waals surface area contributed by atoms with E-state index in [-0.39, 0.29) is 11.6 Å². The van der Waals surface area contributed by atoms with E-state index < -0.39 is 4.92 Å². The number of ether oxygens (including phenoxy) is 2. The van der Waals surface area contributed by atoms with Crippen LogP contribution in [0.4, 0.5) is 5.69 Å². The average molecular weight is 336 g/mol. The summed E-state index contributed by atoms with van der Waals surface area (Å²) in [6, 6.07) is 4.17. The molecule has 0 saturated carbocycles. The van der Waals surface area contributed by atoms with Gasteiger partial charge in [0.15, 0.2) is 0 Å². The van der Waals surface area contributed by atoms with Crippen molar-refractivity contribution in [2.24, 2.45) is 5.10 Å². The average Bonchev–Trinajstić information content (AvgIpc) is 2.60. The van der Waals surface area contributed by atoms with E-state index in [9.17, 15) is 14.9 Å². The van der Waals surface area contributed by atoms with Crippen LogP contribution in [0.15, 0.2) is 23.3 Å². The summed E-state index contributed by atoms with van der Waals surface area (Å²) in [5.74, 6) is 0.217. The molecule has 1 aromatic rings. The van der Waals surface area contributed by atoms with E-state index in [4.69, 9.17) is 9.47 Å². The van der Waals surface area contributed by atoms with Crippen LogP contribution in [0.25, 0.3) is 0 Å². The molecular weight excluding hydrogens is 316 g/mol. The summed E-state index contributed by atoms with van der Waals surface area (Å²) in [6.07, 6.45) is 1.65. The summed E-state index contributed by atoms with van der Waals surface area (Å²) in [6.45, 7) is 3.66. The number of methoxy groups -OCH3 is 1. The number of rotatable bonds is 7. The standard InChI is InChI=1S/C15H20N4O5/c1-23-14-3-2-13(19(21)22)10-12(14)11-16-17-15(20)4-5-18-6-8-24-9-7-18/h2-3,10-11H,4-9H2,1H3,(H,17,20). The van der Waals surface area contributed by atoms with Crippen molar-refractivity contribution >= 4 is 17.8 Å². The van der Waals surface area contributed by atoms with Gasteiger partial charge >= 0.3 is 0 Å². The lowest BCUT2D eigenvalue weighted by atomic mass is 10.2. The first-order valence-corrected chi connectivity index (χ1v) is 7.54. The molecule has 1 amide bonds. The fraction of sp³-hybridized carbons (Fsp3) is 0.467. The van der Waals surface area contributed by atoms with Crippen LogP contribution in [-0.4, -0.2) is 61.9 Å². The Balaban J connectivity index is 1.87. The molecule has 1 heterocycles. The number of carbonyl (C=O) groups is 1. The highest BCUT2D eigenvalue weighted by Gasteiger charge is 2.12. The van der Waals surface area contributed by atoms with Crippen molar-refractivity contribution in [1.82, 2.24) is 10.3 Å². The third kappa shape index (κ3) is 5.28. The number of benzene rings is 1. The van der Waals surface area contributed by atoms with Crippen molar-refractivity contribution in [3.63, 3.8) is 0 Å². The molecule has 9 heteroatoms. The first-order valence-electron chi connectivity index (χ1n) is 7.54. The fourth-order valence-corrected chi connectivity index (χ4v) is 2.25. The Labute approximate surface area is 139 Å². The van der Waals surface area contributed by atoms with E-state index in [1.54, 1.807) is 0 Å². The zero-order valence-corrected chi connectivity index (χ0v) is 13.4. The van der Waals surface area contributed by atoms with Gasteiger partial charge in [0, 0.05) is 43.8 Å². The molecule has 1 fully saturated rings. The van der Waals surface area contributed by atoms with E-state index in [0.29, 0.717) is 37.5 Å². The molecule has 0 aliphatic carbocycles. The minimum atomic E-state index is -0.502. The van der Waals surface area contributed by atoms with Crippen molar-refractivity contribution in [2.75, 3.05) is 40.0 Å². The van der Waals surface area contributed by atoms with Gasteiger partial charge in [0.25, 0.3) is 5.69 Å². The van der Waals surface area contributed by atoms with Crippen LogP contribution >= 0.6 is 0 Å². The maximum absolute atomic E-state index is 11.8. The minimum absolute atomic E-state index is 0.0732. The molecule has 0 unspecified atom stereocenters. The molecule has 0 aromatic heterocycles. The fourth-order valence-electron chi connectivity index (χ4n) is 2.25. The predicted octanol–water partition coefficient (Wildman–Crippen LogP) is 0.776. The number of hydrazone groups is 1. The molecular formula is C15H20N4O5. The van der Waals surface area contributed by atoms with Crippen LogP contribution in [0.3, 0.4) is 0 Å². The summed E-state index contributed by atoms with van der Waals surface area (Å²) >= 11 is 0. The maximum Gasteiger partial charge on any atom is 0.270 e. The molecule has 1 aromatic carbocycles. The Morgan fingerprint density at radius 1 is 1.50 bits per heavy atom. The van der Waals surface area contributed by atoms with Crippen LogP contribution in [0.2, 0.25) is 0 Å². The van der Waals surface area contributed by atoms with E-state index in [1.807, 2.05) is 0 Å². The normalized spacial score (nSPS) is 15.4. The Morgan fingerprint density at radius 2 is 2.25 bits per heavy atom. The highest BCUT2D eigenvalue weighted by atomic mass is 16.6. The molecule has 9 nitrogen and oxygen atoms in total. The molecule has 1 aliphatic heterocycles. The molecule has 130 valence electrons. The van der Waals surface area contributed by atoms with E-state index in [1.165, 1.54) is 31.5 Å². The zero-order chi connectivity index (χ0) is 17.4. The zero-order valence-electron chi connectivity index (χ0n) is 13.4. The highest BCUT2D eigenvalue weighted by Crippen LogP contribution is 2.22. The third-order valence-corrected chi connectivity index (χ3v) is 3.58. The Bertz CT molecular complexity index is 614. The molecule has 1 saturated heterocycles. The smallest absolute Gasteiger partial charge is 0.270 e. The quantitative estimate of drug-likeness (QED) is 0.448. The summed E-state index contributed by atoms with van der Waals surface area (Å²) in [7, 11) is 1.46. The van der Waals surface area contributed by atoms with Crippen molar-refractivity contribution in [3.8, 4) is 5.75 Å². The van der Waals surface area contributed by atoms with Gasteiger partial charge in [0.05, 0.1) is 31.5 Å². The molecule has 1 N–H and O–H groups in total. The van der Waals surface area contributed by atoms with Crippen molar-refractivity contribution < 1.29 is 19.2 Å². The van der Waals surface area contributed by atoms with Crippen LogP contribution in [0.1, 0.15) is 12.0 Å². The number of nitro benzene ring substituents is 1. The van der Waals surface area contributed by atoms with Gasteiger partial charge in [0.1, 0.15) is 5.75 Å². The van der Waals surface area contributed by atoms with Gasteiger partial charge in [-0.25, -0.2) is 5.43 Å². The van der Waals surface area contributed by atoms with Gasteiger partial charge in [-0.2, -0.15) is 5.10 Å². The number of amides is 1. The molecule has 0 radical (unpaired) electrons. The SMILES string of the molecule is COc1ccc([N+](=O)[O-])cc1C=NNC(=O)CCN1CCOCC1. The second-order valence-electron chi connectivity index (χ2n) is 5.18. The lowest BCUT2D eigenvalue weighted by molar-refractivity contribution is -0.384. The predicted molar refractivity (Wildman–Crippen MR) is 87.3 cm³/mol. The second-order valence-corrected chi connectivity index (χ2v) is 5.18. The number of carbonyl (C=O) groups excluding carboxylic acids is 1. The molecule has 0 spiro atoms. The number of nitro groups is 1. The summed E-state index contributed by atoms with van der Waals surface area (Å²) in [5, 5.41) is 14.7. The van der Waals surface area contributed by atoms with Crippen LogP contribution in [-0.2, 0) is 9.53 Å². The number of nitrogens with zero attached hydrogens (tertiary/aromatic N) is 3. The Kier molecular flexibility index (Phi) is 6.64. The molecule has 24 heavy (non-hydrogen) atoms. The second kappa shape index (κ2) is 8.94. The lowest BCUT2D eigenvalue weighted by Crippen LogP contribution is -2.38. The van der Waals surface area contributed by atoms with Crippen molar-refractivity contribution in [1.29, 1.82) is 0 Å². The van der Waals surface area contributed by atoms with Gasteiger partial charge in [-0.05, 0) is 6.07 Å². The third-order valence-electron chi connectivity index (χ3n) is 3.58. The number of hydrogen-bond donors (Lipinski definition) is 1. The van der Waals surface area contributed by atoms with Gasteiger partial charge < -0.3 is 9.47 Å². The van der Waals surface area contributed by atoms with Crippen LogP contribution in [0, 0.1) is 10.1 Å². The molecule has 1 aliphatic rings. The number of morpholine rings is 1. The van der Waals surface area contributed by atoms with Gasteiger partial charge in [0.2, 0.25) is 5.91 Å². The Hall–Kier alpha value is -2.52. The van der Waals surface area contributed by atoms with Gasteiger partial charge in [-0.1, -0.05) is 0 Å². The lowest BCUT2D eigenvalue weighted by Gasteiger charge is -2.25. The van der Waals surface area contributed by atoms with E-state index in [0.717, 1.165) is 13.1 Å². The number of hydrogen-bond acceptors (Lipinski definition) is 7. The minimum Gasteiger partial charge on any atom is -0.496 e. The first-order chi connectivity index (χ1) is 11.6. The number of nitrogens with one attached hydrogen (secondary N) is 1. The van der Waals surface area contributed by atoms with Crippen molar-refractivity contribution in [3.05, 3.63) is 33.9 Å². The number of non-ortho nitro benzene ring substituents is 1. The molecule has 0 atom stereocenters. The topological polar surface area (TPSA) is 106 Å². The van der Waals surface area contributed by atoms with Crippen LogP contribution < -0.4 is 10.2 Å². The summed E-state index contributed by atoms with van der Waals surface area (Å²) in [4.78, 5) is 24.2. The molecule has 2 rings (SSSR count). The van der Waals surface area contributed by atoms with Gasteiger partial charge in [-0.15, -0.1) is 0 Å².